The van der Waals surface area contributed by atoms with Crippen molar-refractivity contribution < 1.29 is 23.7 Å². The van der Waals surface area contributed by atoms with Crippen LogP contribution in [0.15, 0.2) is 54.6 Å². The minimum Gasteiger partial charge on any atom is -0.495 e. The van der Waals surface area contributed by atoms with E-state index in [9.17, 15) is 4.79 Å². The molecule has 3 aromatic carbocycles. The third-order valence-corrected chi connectivity index (χ3v) is 7.35. The van der Waals surface area contributed by atoms with Gasteiger partial charge in [-0.3, -0.25) is 14.6 Å². The number of hydrogen-bond acceptors (Lipinski definition) is 8. The summed E-state index contributed by atoms with van der Waals surface area (Å²) in [6, 6.07) is 17.6. The van der Waals surface area contributed by atoms with Gasteiger partial charge in [0.15, 0.2) is 11.7 Å². The summed E-state index contributed by atoms with van der Waals surface area (Å²) in [5.41, 5.74) is 0.677. The predicted octanol–water partition coefficient (Wildman–Crippen LogP) is 4.21. The Bertz CT molecular complexity index is 1310. The normalized spacial score (nSPS) is 14.2. The maximum Gasteiger partial charge on any atom is 0.266 e. The second-order valence-corrected chi connectivity index (χ2v) is 9.42. The molecular weight excluding hydrogens is 478 g/mol. The highest BCUT2D eigenvalue weighted by atomic mass is 32.1. The number of fused-ring (bicyclic) bond motifs is 2. The predicted molar refractivity (Wildman–Crippen MR) is 142 cm³/mol. The zero-order chi connectivity index (χ0) is 24.9. The number of anilines is 1. The molecule has 0 spiro atoms. The summed E-state index contributed by atoms with van der Waals surface area (Å²) in [7, 11) is 3.23. The van der Waals surface area contributed by atoms with Crippen LogP contribution >= 0.6 is 11.3 Å². The van der Waals surface area contributed by atoms with Crippen molar-refractivity contribution in [1.29, 1.82) is 0 Å². The van der Waals surface area contributed by atoms with Gasteiger partial charge in [0.1, 0.15) is 27.5 Å². The molecule has 0 bridgehead atoms. The van der Waals surface area contributed by atoms with E-state index in [1.807, 2.05) is 54.6 Å². The first-order chi connectivity index (χ1) is 17.7. The average Bonchev–Trinajstić information content (AvgIpc) is 3.37. The Morgan fingerprint density at radius 3 is 2.56 bits per heavy atom. The van der Waals surface area contributed by atoms with Crippen molar-refractivity contribution in [2.24, 2.45) is 0 Å². The van der Waals surface area contributed by atoms with E-state index in [0.29, 0.717) is 47.7 Å². The fourth-order valence-electron chi connectivity index (χ4n) is 4.26. The van der Waals surface area contributed by atoms with E-state index in [2.05, 4.69) is 4.90 Å². The van der Waals surface area contributed by atoms with Crippen molar-refractivity contribution in [2.75, 3.05) is 65.1 Å². The molecule has 9 heteroatoms. The molecule has 4 aromatic rings. The Morgan fingerprint density at radius 1 is 1.03 bits per heavy atom. The number of morpholine rings is 1. The van der Waals surface area contributed by atoms with Crippen LogP contribution in [0.4, 0.5) is 5.13 Å². The molecule has 1 aliphatic heterocycles. The summed E-state index contributed by atoms with van der Waals surface area (Å²) in [5.74, 6) is 1.83. The van der Waals surface area contributed by atoms with Crippen LogP contribution in [0.2, 0.25) is 0 Å². The van der Waals surface area contributed by atoms with E-state index in [0.717, 1.165) is 35.1 Å². The molecule has 2 heterocycles. The Kier molecular flexibility index (Phi) is 7.50. The smallest absolute Gasteiger partial charge is 0.266 e. The van der Waals surface area contributed by atoms with Gasteiger partial charge in [-0.1, -0.05) is 41.7 Å². The van der Waals surface area contributed by atoms with Gasteiger partial charge in [0.2, 0.25) is 0 Å². The molecule has 0 aliphatic carbocycles. The quantitative estimate of drug-likeness (QED) is 0.336. The summed E-state index contributed by atoms with van der Waals surface area (Å²) < 4.78 is 23.3. The first-order valence-corrected chi connectivity index (χ1v) is 12.7. The molecule has 5 rings (SSSR count). The average molecular weight is 508 g/mol. The number of carbonyl (C=O) groups excluding carboxylic acids is 1. The standard InChI is InChI=1S/C27H29N3O5S/c1-32-22-9-10-23(33-2)26-25(22)28-27(36-26)30(12-11-29-13-15-34-16-14-29)24(31)18-35-21-8-7-19-5-3-4-6-20(19)17-21/h3-10,17H,11-16,18H2,1-2H3. The van der Waals surface area contributed by atoms with Gasteiger partial charge < -0.3 is 18.9 Å². The molecule has 188 valence electrons. The first kappa shape index (κ1) is 24.3. The number of hydrogen-bond donors (Lipinski definition) is 0. The molecule has 0 atom stereocenters. The lowest BCUT2D eigenvalue weighted by atomic mass is 10.1. The van der Waals surface area contributed by atoms with E-state index >= 15 is 0 Å². The van der Waals surface area contributed by atoms with Gasteiger partial charge in [0.05, 0.1) is 27.4 Å². The van der Waals surface area contributed by atoms with Gasteiger partial charge >= 0.3 is 0 Å². The number of methoxy groups -OCH3 is 2. The molecule has 1 aliphatic rings. The Morgan fingerprint density at radius 2 is 1.78 bits per heavy atom. The zero-order valence-corrected chi connectivity index (χ0v) is 21.3. The maximum absolute atomic E-state index is 13.5. The number of ether oxygens (including phenoxy) is 4. The molecule has 1 saturated heterocycles. The monoisotopic (exact) mass is 507 g/mol. The number of carbonyl (C=O) groups is 1. The second kappa shape index (κ2) is 11.1. The molecular formula is C27H29N3O5S. The minimum absolute atomic E-state index is 0.0916. The summed E-state index contributed by atoms with van der Waals surface area (Å²) in [4.78, 5) is 22.3. The lowest BCUT2D eigenvalue weighted by molar-refractivity contribution is -0.120. The SMILES string of the molecule is COc1ccc(OC)c2sc(N(CCN3CCOCC3)C(=O)COc3ccc4ccccc4c3)nc12. The van der Waals surface area contributed by atoms with Gasteiger partial charge in [-0.05, 0) is 35.0 Å². The Balaban J connectivity index is 1.39. The van der Waals surface area contributed by atoms with Crippen LogP contribution in [0, 0.1) is 0 Å². The van der Waals surface area contributed by atoms with Crippen LogP contribution in [0.3, 0.4) is 0 Å². The summed E-state index contributed by atoms with van der Waals surface area (Å²) in [6.07, 6.45) is 0. The molecule has 1 amide bonds. The maximum atomic E-state index is 13.5. The topological polar surface area (TPSA) is 73.4 Å². The minimum atomic E-state index is -0.159. The molecule has 36 heavy (non-hydrogen) atoms. The number of thiazole rings is 1. The number of nitrogens with zero attached hydrogens (tertiary/aromatic N) is 3. The molecule has 8 nitrogen and oxygen atoms in total. The zero-order valence-electron chi connectivity index (χ0n) is 20.4. The largest absolute Gasteiger partial charge is 0.495 e. The van der Waals surface area contributed by atoms with Crippen molar-refractivity contribution in [1.82, 2.24) is 9.88 Å². The van der Waals surface area contributed by atoms with Crippen LogP contribution in [-0.2, 0) is 9.53 Å². The molecule has 0 radical (unpaired) electrons. The van der Waals surface area contributed by atoms with Crippen LogP contribution in [0.5, 0.6) is 17.2 Å². The number of aromatic nitrogens is 1. The first-order valence-electron chi connectivity index (χ1n) is 11.9. The molecule has 0 N–H and O–H groups in total. The fourth-order valence-corrected chi connectivity index (χ4v) is 5.38. The molecule has 1 fully saturated rings. The van der Waals surface area contributed by atoms with Gasteiger partial charge in [-0.25, -0.2) is 4.98 Å². The lowest BCUT2D eigenvalue weighted by Gasteiger charge is -2.29. The highest BCUT2D eigenvalue weighted by molar-refractivity contribution is 7.22. The second-order valence-electron chi connectivity index (χ2n) is 8.44. The Labute approximate surface area is 213 Å². The van der Waals surface area contributed by atoms with E-state index in [-0.39, 0.29) is 12.5 Å². The van der Waals surface area contributed by atoms with Crippen molar-refractivity contribution in [3.63, 3.8) is 0 Å². The molecule has 0 saturated carbocycles. The fraction of sp³-hybridized carbons (Fsp3) is 0.333. The van der Waals surface area contributed by atoms with Crippen molar-refractivity contribution in [2.45, 2.75) is 0 Å². The van der Waals surface area contributed by atoms with Crippen molar-refractivity contribution in [3.05, 3.63) is 54.6 Å². The Hall–Kier alpha value is -3.40. The molecule has 1 aromatic heterocycles. The van der Waals surface area contributed by atoms with Crippen LogP contribution < -0.4 is 19.1 Å². The van der Waals surface area contributed by atoms with Gasteiger partial charge in [-0.15, -0.1) is 0 Å². The van der Waals surface area contributed by atoms with Gasteiger partial charge in [0, 0.05) is 26.2 Å². The summed E-state index contributed by atoms with van der Waals surface area (Å²) >= 11 is 1.41. The van der Waals surface area contributed by atoms with Crippen LogP contribution in [0.1, 0.15) is 0 Å². The molecule has 0 unspecified atom stereocenters. The van der Waals surface area contributed by atoms with Gasteiger partial charge in [0.25, 0.3) is 5.91 Å². The van der Waals surface area contributed by atoms with E-state index < -0.39 is 0 Å². The van der Waals surface area contributed by atoms with Crippen LogP contribution in [0.25, 0.3) is 21.0 Å². The number of amides is 1. The van der Waals surface area contributed by atoms with Crippen molar-refractivity contribution >= 4 is 43.4 Å². The van der Waals surface area contributed by atoms with E-state index in [4.69, 9.17) is 23.9 Å². The lowest BCUT2D eigenvalue weighted by Crippen LogP contribution is -2.44. The summed E-state index contributed by atoms with van der Waals surface area (Å²) in [6.45, 7) is 4.21. The van der Waals surface area contributed by atoms with Crippen LogP contribution in [-0.4, -0.2) is 76.0 Å². The highest BCUT2D eigenvalue weighted by Gasteiger charge is 2.24. The third kappa shape index (κ3) is 5.23. The summed E-state index contributed by atoms with van der Waals surface area (Å²) in [5, 5.41) is 2.78. The third-order valence-electron chi connectivity index (χ3n) is 6.26. The number of benzene rings is 3. The van der Waals surface area contributed by atoms with Gasteiger partial charge in [-0.2, -0.15) is 0 Å². The van der Waals surface area contributed by atoms with E-state index in [1.54, 1.807) is 19.1 Å². The number of rotatable bonds is 9. The van der Waals surface area contributed by atoms with Crippen molar-refractivity contribution in [3.8, 4) is 17.2 Å². The van der Waals surface area contributed by atoms with E-state index in [1.165, 1.54) is 11.3 Å². The highest BCUT2D eigenvalue weighted by Crippen LogP contribution is 2.40.